The van der Waals surface area contributed by atoms with Crippen LogP contribution in [-0.2, 0) is 20.1 Å². The number of carboxylic acid groups (broad SMARTS) is 1. The van der Waals surface area contributed by atoms with Gasteiger partial charge in [0.1, 0.15) is 5.82 Å². The molecule has 0 aliphatic rings. The van der Waals surface area contributed by atoms with Crippen molar-refractivity contribution in [2.45, 2.75) is 26.9 Å². The molecule has 0 saturated carbocycles. The third kappa shape index (κ3) is 3.28. The Kier molecular flexibility index (Phi) is 4.37. The summed E-state index contributed by atoms with van der Waals surface area (Å²) in [6.45, 7) is 4.72. The van der Waals surface area contributed by atoms with E-state index in [1.807, 2.05) is 20.9 Å². The van der Waals surface area contributed by atoms with Gasteiger partial charge in [0.15, 0.2) is 0 Å². The molecule has 0 radical (unpaired) electrons. The number of aromatic carboxylic acids is 1. The van der Waals surface area contributed by atoms with Gasteiger partial charge in [0, 0.05) is 37.0 Å². The van der Waals surface area contributed by atoms with Crippen LogP contribution in [0.25, 0.3) is 0 Å². The van der Waals surface area contributed by atoms with Crippen LogP contribution in [0.2, 0.25) is 0 Å². The van der Waals surface area contributed by atoms with E-state index in [-0.39, 0.29) is 12.1 Å². The molecule has 1 aromatic carbocycles. The lowest BCUT2D eigenvalue weighted by Crippen LogP contribution is -2.15. The molecule has 0 aliphatic carbocycles. The number of hydrogen-bond acceptors (Lipinski definition) is 3. The third-order valence-electron chi connectivity index (χ3n) is 3.57. The molecule has 2 aromatic rings. The summed E-state index contributed by atoms with van der Waals surface area (Å²) in [4.78, 5) is 10.9. The lowest BCUT2D eigenvalue weighted by molar-refractivity contribution is 0.0696. The maximum absolute atomic E-state index is 13.7. The number of halogens is 1. The smallest absolute Gasteiger partial charge is 0.335 e. The van der Waals surface area contributed by atoms with E-state index in [1.54, 1.807) is 4.68 Å². The second-order valence-electron chi connectivity index (χ2n) is 4.99. The van der Waals surface area contributed by atoms with Crippen LogP contribution in [0.4, 0.5) is 4.39 Å². The molecular formula is C15H18FN3O2. The molecule has 0 aliphatic heterocycles. The van der Waals surface area contributed by atoms with E-state index in [0.717, 1.165) is 17.0 Å². The fourth-order valence-electron chi connectivity index (χ4n) is 2.24. The highest BCUT2D eigenvalue weighted by atomic mass is 19.1. The Bertz CT molecular complexity index is 680. The molecule has 21 heavy (non-hydrogen) atoms. The van der Waals surface area contributed by atoms with Crippen molar-refractivity contribution in [3.63, 3.8) is 0 Å². The average Bonchev–Trinajstić information content (AvgIpc) is 2.66. The van der Waals surface area contributed by atoms with Crippen LogP contribution in [0.1, 0.15) is 32.9 Å². The third-order valence-corrected chi connectivity index (χ3v) is 3.57. The molecule has 2 rings (SSSR count). The van der Waals surface area contributed by atoms with Crippen LogP contribution in [0.5, 0.6) is 0 Å². The van der Waals surface area contributed by atoms with Crippen LogP contribution < -0.4 is 5.32 Å². The highest BCUT2D eigenvalue weighted by molar-refractivity contribution is 5.87. The molecule has 0 fully saturated rings. The van der Waals surface area contributed by atoms with Gasteiger partial charge in [-0.3, -0.25) is 4.68 Å². The molecule has 1 heterocycles. The number of carbonyl (C=O) groups is 1. The minimum atomic E-state index is -1.06. The molecule has 5 nitrogen and oxygen atoms in total. The number of aryl methyl sites for hydroxylation is 2. The predicted octanol–water partition coefficient (Wildman–Crippen LogP) is 2.16. The standard InChI is InChI=1S/C15H18FN3O2/c1-9-13(10(2)19(3)18-9)8-17-7-12-6-11(15(20)21)4-5-14(12)16/h4-6,17H,7-8H2,1-3H3,(H,20,21). The Labute approximate surface area is 122 Å². The minimum absolute atomic E-state index is 0.0851. The number of aromatic nitrogens is 2. The van der Waals surface area contributed by atoms with E-state index in [9.17, 15) is 9.18 Å². The van der Waals surface area contributed by atoms with E-state index in [4.69, 9.17) is 5.11 Å². The first kappa shape index (κ1) is 15.2. The van der Waals surface area contributed by atoms with Gasteiger partial charge in [-0.05, 0) is 32.0 Å². The summed E-state index contributed by atoms with van der Waals surface area (Å²) in [5, 5.41) is 16.4. The highest BCUT2D eigenvalue weighted by Crippen LogP contribution is 2.13. The average molecular weight is 291 g/mol. The van der Waals surface area contributed by atoms with Gasteiger partial charge in [-0.25, -0.2) is 9.18 Å². The first-order chi connectivity index (χ1) is 9.90. The predicted molar refractivity (Wildman–Crippen MR) is 76.6 cm³/mol. The zero-order chi connectivity index (χ0) is 15.6. The molecular weight excluding hydrogens is 273 g/mol. The van der Waals surface area contributed by atoms with Crippen molar-refractivity contribution < 1.29 is 14.3 Å². The van der Waals surface area contributed by atoms with Crippen LogP contribution in [0, 0.1) is 19.7 Å². The summed E-state index contributed by atoms with van der Waals surface area (Å²) in [5.74, 6) is -1.47. The highest BCUT2D eigenvalue weighted by Gasteiger charge is 2.11. The van der Waals surface area contributed by atoms with Crippen molar-refractivity contribution in [1.82, 2.24) is 15.1 Å². The molecule has 0 atom stereocenters. The van der Waals surface area contributed by atoms with Crippen molar-refractivity contribution in [3.05, 3.63) is 52.1 Å². The molecule has 1 aromatic heterocycles. The number of carboxylic acids is 1. The molecule has 6 heteroatoms. The molecule has 0 bridgehead atoms. The Morgan fingerprint density at radius 2 is 2.10 bits per heavy atom. The number of nitrogens with zero attached hydrogens (tertiary/aromatic N) is 2. The summed E-state index contributed by atoms with van der Waals surface area (Å²) < 4.78 is 15.5. The Balaban J connectivity index is 2.06. The molecule has 112 valence electrons. The maximum Gasteiger partial charge on any atom is 0.335 e. The first-order valence-corrected chi connectivity index (χ1v) is 6.61. The quantitative estimate of drug-likeness (QED) is 0.886. The van der Waals surface area contributed by atoms with E-state index < -0.39 is 11.8 Å². The summed E-state index contributed by atoms with van der Waals surface area (Å²) in [6.07, 6.45) is 0. The molecule has 0 spiro atoms. The Morgan fingerprint density at radius 3 is 2.67 bits per heavy atom. The zero-order valence-electron chi connectivity index (χ0n) is 12.3. The zero-order valence-corrected chi connectivity index (χ0v) is 12.3. The van der Waals surface area contributed by atoms with Gasteiger partial charge >= 0.3 is 5.97 Å². The Morgan fingerprint density at radius 1 is 1.38 bits per heavy atom. The fourth-order valence-corrected chi connectivity index (χ4v) is 2.24. The van der Waals surface area contributed by atoms with Gasteiger partial charge in [-0.15, -0.1) is 0 Å². The van der Waals surface area contributed by atoms with Crippen LogP contribution in [0.3, 0.4) is 0 Å². The van der Waals surface area contributed by atoms with Crippen LogP contribution in [0.15, 0.2) is 18.2 Å². The SMILES string of the molecule is Cc1nn(C)c(C)c1CNCc1cc(C(=O)O)ccc1F. The van der Waals surface area contributed by atoms with Gasteiger partial charge in [0.2, 0.25) is 0 Å². The lowest BCUT2D eigenvalue weighted by Gasteiger charge is -2.07. The van der Waals surface area contributed by atoms with Gasteiger partial charge in [-0.2, -0.15) is 5.10 Å². The molecule has 0 unspecified atom stereocenters. The summed E-state index contributed by atoms with van der Waals surface area (Å²) in [5.41, 5.74) is 3.49. The van der Waals surface area contributed by atoms with Crippen molar-refractivity contribution >= 4 is 5.97 Å². The van der Waals surface area contributed by atoms with Crippen LogP contribution in [-0.4, -0.2) is 20.9 Å². The van der Waals surface area contributed by atoms with Gasteiger partial charge in [0.25, 0.3) is 0 Å². The van der Waals surface area contributed by atoms with Crippen molar-refractivity contribution in [2.75, 3.05) is 0 Å². The van der Waals surface area contributed by atoms with E-state index >= 15 is 0 Å². The lowest BCUT2D eigenvalue weighted by atomic mass is 10.1. The Hall–Kier alpha value is -2.21. The monoisotopic (exact) mass is 291 g/mol. The van der Waals surface area contributed by atoms with E-state index in [0.29, 0.717) is 12.1 Å². The van der Waals surface area contributed by atoms with Crippen molar-refractivity contribution in [2.24, 2.45) is 7.05 Å². The molecule has 0 amide bonds. The summed E-state index contributed by atoms with van der Waals surface area (Å²) >= 11 is 0. The molecule has 0 saturated heterocycles. The number of rotatable bonds is 5. The van der Waals surface area contributed by atoms with Gasteiger partial charge < -0.3 is 10.4 Å². The summed E-state index contributed by atoms with van der Waals surface area (Å²) in [7, 11) is 1.88. The molecule has 2 N–H and O–H groups in total. The summed E-state index contributed by atoms with van der Waals surface area (Å²) in [6, 6.07) is 3.80. The van der Waals surface area contributed by atoms with E-state index in [2.05, 4.69) is 10.4 Å². The van der Waals surface area contributed by atoms with Crippen molar-refractivity contribution in [3.8, 4) is 0 Å². The second kappa shape index (κ2) is 6.05. The number of benzene rings is 1. The number of nitrogens with one attached hydrogen (secondary N) is 1. The first-order valence-electron chi connectivity index (χ1n) is 6.61. The second-order valence-corrected chi connectivity index (χ2v) is 4.99. The minimum Gasteiger partial charge on any atom is -0.478 e. The number of hydrogen-bond donors (Lipinski definition) is 2. The largest absolute Gasteiger partial charge is 0.478 e. The van der Waals surface area contributed by atoms with E-state index in [1.165, 1.54) is 18.2 Å². The maximum atomic E-state index is 13.7. The van der Waals surface area contributed by atoms with Gasteiger partial charge in [-0.1, -0.05) is 0 Å². The van der Waals surface area contributed by atoms with Crippen LogP contribution >= 0.6 is 0 Å². The van der Waals surface area contributed by atoms with Crippen molar-refractivity contribution in [1.29, 1.82) is 0 Å². The normalized spacial score (nSPS) is 10.9. The fraction of sp³-hybridized carbons (Fsp3) is 0.333. The van der Waals surface area contributed by atoms with Gasteiger partial charge in [0.05, 0.1) is 11.3 Å². The topological polar surface area (TPSA) is 67.2 Å².